The van der Waals surface area contributed by atoms with Gasteiger partial charge in [-0.1, -0.05) is 35.9 Å². The van der Waals surface area contributed by atoms with Crippen LogP contribution in [0.3, 0.4) is 0 Å². The molecule has 0 heterocycles. The summed E-state index contributed by atoms with van der Waals surface area (Å²) in [6.07, 6.45) is 1.41. The number of hydrogen-bond donors (Lipinski definition) is 2. The summed E-state index contributed by atoms with van der Waals surface area (Å²) >= 11 is 5.90. The standard InChI is InChI=1S/C16H14ClN3O3/c1-23-12-6-4-5-11(9-12)10-18-20-16(22)15(21)19-14-8-3-2-7-13(14)17/h2-10H,1H3,(H,19,21)(H,20,22)/b18-10-. The van der Waals surface area contributed by atoms with Gasteiger partial charge in [-0.2, -0.15) is 5.10 Å². The van der Waals surface area contributed by atoms with Crippen LogP contribution in [0.4, 0.5) is 5.69 Å². The minimum absolute atomic E-state index is 0.341. The highest BCUT2D eigenvalue weighted by Crippen LogP contribution is 2.20. The van der Waals surface area contributed by atoms with Gasteiger partial charge in [-0.3, -0.25) is 9.59 Å². The number of anilines is 1. The van der Waals surface area contributed by atoms with E-state index in [2.05, 4.69) is 15.8 Å². The summed E-state index contributed by atoms with van der Waals surface area (Å²) in [5.41, 5.74) is 3.21. The topological polar surface area (TPSA) is 79.8 Å². The predicted octanol–water partition coefficient (Wildman–Crippen LogP) is 2.44. The highest BCUT2D eigenvalue weighted by Gasteiger charge is 2.13. The molecule has 7 heteroatoms. The number of halogens is 1. The number of rotatable bonds is 4. The zero-order valence-electron chi connectivity index (χ0n) is 12.2. The van der Waals surface area contributed by atoms with E-state index in [9.17, 15) is 9.59 Å². The van der Waals surface area contributed by atoms with E-state index in [1.165, 1.54) is 6.21 Å². The van der Waals surface area contributed by atoms with Crippen LogP contribution in [0.2, 0.25) is 5.02 Å². The average molecular weight is 332 g/mol. The van der Waals surface area contributed by atoms with E-state index in [1.54, 1.807) is 55.6 Å². The number of ether oxygens (including phenoxy) is 1. The number of carbonyl (C=O) groups is 2. The minimum Gasteiger partial charge on any atom is -0.497 e. The Kier molecular flexibility index (Phi) is 5.71. The van der Waals surface area contributed by atoms with Gasteiger partial charge in [-0.15, -0.1) is 0 Å². The molecule has 0 aromatic heterocycles. The lowest BCUT2D eigenvalue weighted by atomic mass is 10.2. The zero-order valence-corrected chi connectivity index (χ0v) is 13.0. The Morgan fingerprint density at radius 1 is 1.13 bits per heavy atom. The van der Waals surface area contributed by atoms with Crippen LogP contribution < -0.4 is 15.5 Å². The lowest BCUT2D eigenvalue weighted by Crippen LogP contribution is -2.32. The van der Waals surface area contributed by atoms with Gasteiger partial charge >= 0.3 is 11.8 Å². The Balaban J connectivity index is 1.92. The van der Waals surface area contributed by atoms with Crippen molar-refractivity contribution < 1.29 is 14.3 Å². The number of nitrogens with zero attached hydrogens (tertiary/aromatic N) is 1. The lowest BCUT2D eigenvalue weighted by Gasteiger charge is -2.05. The van der Waals surface area contributed by atoms with Crippen LogP contribution in [0, 0.1) is 0 Å². The van der Waals surface area contributed by atoms with Gasteiger partial charge < -0.3 is 10.1 Å². The number of amides is 2. The molecule has 0 saturated carbocycles. The van der Waals surface area contributed by atoms with Crippen molar-refractivity contribution in [3.05, 3.63) is 59.1 Å². The number of hydrogen-bond acceptors (Lipinski definition) is 4. The fourth-order valence-electron chi connectivity index (χ4n) is 1.68. The number of nitrogens with one attached hydrogen (secondary N) is 2. The normalized spacial score (nSPS) is 10.3. The third-order valence-electron chi connectivity index (χ3n) is 2.80. The summed E-state index contributed by atoms with van der Waals surface area (Å²) in [6.45, 7) is 0. The SMILES string of the molecule is COc1cccc(/C=N\NC(=O)C(=O)Nc2ccccc2Cl)c1. The second-order valence-electron chi connectivity index (χ2n) is 4.41. The van der Waals surface area contributed by atoms with E-state index in [4.69, 9.17) is 16.3 Å². The molecule has 0 aliphatic heterocycles. The number of para-hydroxylation sites is 1. The third kappa shape index (κ3) is 4.82. The molecule has 0 bridgehead atoms. The third-order valence-corrected chi connectivity index (χ3v) is 3.13. The molecule has 23 heavy (non-hydrogen) atoms. The molecule has 0 spiro atoms. The zero-order chi connectivity index (χ0) is 16.7. The van der Waals surface area contributed by atoms with Crippen LogP contribution >= 0.6 is 11.6 Å². The number of methoxy groups -OCH3 is 1. The molecule has 2 N–H and O–H groups in total. The molecule has 0 unspecified atom stereocenters. The van der Waals surface area contributed by atoms with Crippen LogP contribution in [0.25, 0.3) is 0 Å². The van der Waals surface area contributed by atoms with Gasteiger partial charge in [-0.05, 0) is 29.8 Å². The van der Waals surface area contributed by atoms with Crippen molar-refractivity contribution in [1.29, 1.82) is 0 Å². The van der Waals surface area contributed by atoms with Gasteiger partial charge in [0.15, 0.2) is 0 Å². The second kappa shape index (κ2) is 7.95. The van der Waals surface area contributed by atoms with Gasteiger partial charge in [0, 0.05) is 0 Å². The first-order valence-corrected chi connectivity index (χ1v) is 7.01. The Hall–Kier alpha value is -2.86. The van der Waals surface area contributed by atoms with Gasteiger partial charge in [0.25, 0.3) is 0 Å². The van der Waals surface area contributed by atoms with Gasteiger partial charge in [-0.25, -0.2) is 5.43 Å². The van der Waals surface area contributed by atoms with Crippen LogP contribution in [-0.4, -0.2) is 25.1 Å². The van der Waals surface area contributed by atoms with E-state index < -0.39 is 11.8 Å². The Morgan fingerprint density at radius 3 is 2.65 bits per heavy atom. The molecule has 0 radical (unpaired) electrons. The Morgan fingerprint density at radius 2 is 1.91 bits per heavy atom. The average Bonchev–Trinajstić information content (AvgIpc) is 2.57. The monoisotopic (exact) mass is 331 g/mol. The van der Waals surface area contributed by atoms with E-state index in [1.807, 2.05) is 0 Å². The highest BCUT2D eigenvalue weighted by molar-refractivity contribution is 6.41. The molecule has 2 aromatic rings. The smallest absolute Gasteiger partial charge is 0.329 e. The van der Waals surface area contributed by atoms with Crippen molar-refractivity contribution in [2.45, 2.75) is 0 Å². The molecule has 0 aliphatic carbocycles. The molecular formula is C16H14ClN3O3. The van der Waals surface area contributed by atoms with Crippen LogP contribution in [0.15, 0.2) is 53.6 Å². The molecule has 2 amide bonds. The molecule has 2 rings (SSSR count). The fourth-order valence-corrected chi connectivity index (χ4v) is 1.86. The quantitative estimate of drug-likeness (QED) is 0.513. The molecule has 6 nitrogen and oxygen atoms in total. The van der Waals surface area contributed by atoms with Gasteiger partial charge in [0.1, 0.15) is 5.75 Å². The summed E-state index contributed by atoms with van der Waals surface area (Å²) in [5.74, 6) is -1.10. The fraction of sp³-hybridized carbons (Fsp3) is 0.0625. The molecule has 2 aromatic carbocycles. The Bertz CT molecular complexity index is 747. The summed E-state index contributed by atoms with van der Waals surface area (Å²) in [6, 6.07) is 13.7. The number of benzene rings is 2. The molecular weight excluding hydrogens is 318 g/mol. The van der Waals surface area contributed by atoms with Crippen molar-refractivity contribution in [1.82, 2.24) is 5.43 Å². The van der Waals surface area contributed by atoms with Crippen LogP contribution in [-0.2, 0) is 9.59 Å². The van der Waals surface area contributed by atoms with E-state index >= 15 is 0 Å². The molecule has 0 atom stereocenters. The van der Waals surface area contributed by atoms with Crippen molar-refractivity contribution in [2.75, 3.05) is 12.4 Å². The maximum absolute atomic E-state index is 11.7. The lowest BCUT2D eigenvalue weighted by molar-refractivity contribution is -0.136. The second-order valence-corrected chi connectivity index (χ2v) is 4.82. The number of hydrazone groups is 1. The molecule has 0 aliphatic rings. The molecule has 0 saturated heterocycles. The maximum atomic E-state index is 11.7. The van der Waals surface area contributed by atoms with Crippen molar-refractivity contribution in [3.63, 3.8) is 0 Å². The highest BCUT2D eigenvalue weighted by atomic mass is 35.5. The summed E-state index contributed by atoms with van der Waals surface area (Å²) in [5, 5.41) is 6.47. The van der Waals surface area contributed by atoms with Gasteiger partial charge in [0.05, 0.1) is 24.0 Å². The predicted molar refractivity (Wildman–Crippen MR) is 88.8 cm³/mol. The summed E-state index contributed by atoms with van der Waals surface area (Å²) in [4.78, 5) is 23.4. The van der Waals surface area contributed by atoms with Gasteiger partial charge in [0.2, 0.25) is 0 Å². The van der Waals surface area contributed by atoms with Crippen molar-refractivity contribution in [3.8, 4) is 5.75 Å². The minimum atomic E-state index is -0.899. The van der Waals surface area contributed by atoms with Crippen LogP contribution in [0.5, 0.6) is 5.75 Å². The van der Waals surface area contributed by atoms with E-state index in [0.29, 0.717) is 16.5 Å². The largest absolute Gasteiger partial charge is 0.497 e. The van der Waals surface area contributed by atoms with Crippen molar-refractivity contribution >= 4 is 35.3 Å². The first-order valence-electron chi connectivity index (χ1n) is 6.63. The first kappa shape index (κ1) is 16.5. The molecule has 118 valence electrons. The maximum Gasteiger partial charge on any atom is 0.329 e. The summed E-state index contributed by atoms with van der Waals surface area (Å²) < 4.78 is 5.07. The van der Waals surface area contributed by atoms with Crippen LogP contribution in [0.1, 0.15) is 5.56 Å². The van der Waals surface area contributed by atoms with E-state index in [-0.39, 0.29) is 0 Å². The Labute approximate surface area is 138 Å². The molecule has 0 fully saturated rings. The number of carbonyl (C=O) groups excluding carboxylic acids is 2. The van der Waals surface area contributed by atoms with E-state index in [0.717, 1.165) is 5.56 Å². The van der Waals surface area contributed by atoms with Crippen molar-refractivity contribution in [2.24, 2.45) is 5.10 Å². The first-order chi connectivity index (χ1) is 11.1. The summed E-state index contributed by atoms with van der Waals surface area (Å²) in [7, 11) is 1.55.